The van der Waals surface area contributed by atoms with Crippen molar-refractivity contribution in [2.45, 2.75) is 19.4 Å². The normalized spacial score (nSPS) is 16.0. The molecule has 0 spiro atoms. The number of rotatable bonds is 2. The third-order valence-electron chi connectivity index (χ3n) is 4.87. The lowest BCUT2D eigenvalue weighted by atomic mass is 9.99. The van der Waals surface area contributed by atoms with Crippen LogP contribution in [0.2, 0.25) is 0 Å². The van der Waals surface area contributed by atoms with Gasteiger partial charge in [0, 0.05) is 11.6 Å². The van der Waals surface area contributed by atoms with Crippen molar-refractivity contribution < 1.29 is 23.4 Å². The summed E-state index contributed by atoms with van der Waals surface area (Å²) in [6.45, 7) is 4.09. The number of ether oxygens (including phenoxy) is 4. The second-order valence-corrected chi connectivity index (χ2v) is 7.28. The summed E-state index contributed by atoms with van der Waals surface area (Å²) in [4.78, 5) is 12.9. The van der Waals surface area contributed by atoms with E-state index in [4.69, 9.17) is 23.4 Å². The Morgan fingerprint density at radius 2 is 1.89 bits per heavy atom. The van der Waals surface area contributed by atoms with Crippen LogP contribution in [0.4, 0.5) is 0 Å². The van der Waals surface area contributed by atoms with E-state index in [1.54, 1.807) is 25.3 Å². The van der Waals surface area contributed by atoms with Crippen LogP contribution in [0.5, 0.6) is 23.0 Å². The molecule has 1 aromatic heterocycles. The largest absolute Gasteiger partial charge is 0.493 e. The first-order valence-electron chi connectivity index (χ1n) is 8.92. The molecule has 0 unspecified atom stereocenters. The van der Waals surface area contributed by atoms with E-state index in [1.807, 2.05) is 32.1 Å². The molecule has 142 valence electrons. The Morgan fingerprint density at radius 1 is 1.07 bits per heavy atom. The summed E-state index contributed by atoms with van der Waals surface area (Å²) in [6.07, 6.45) is 3.84. The number of fused-ring (bicyclic) bond motifs is 4. The monoisotopic (exact) mass is 378 g/mol. The average Bonchev–Trinajstić information content (AvgIpc) is 3.14. The quantitative estimate of drug-likeness (QED) is 0.659. The Labute approximate surface area is 160 Å². The highest BCUT2D eigenvalue weighted by Crippen LogP contribution is 2.43. The van der Waals surface area contributed by atoms with Gasteiger partial charge in [0.2, 0.25) is 6.79 Å². The first-order valence-corrected chi connectivity index (χ1v) is 8.92. The molecule has 6 heteroatoms. The lowest BCUT2D eigenvalue weighted by molar-refractivity contribution is 0.152. The predicted molar refractivity (Wildman–Crippen MR) is 104 cm³/mol. The van der Waals surface area contributed by atoms with Crippen LogP contribution in [0.15, 0.2) is 45.6 Å². The minimum atomic E-state index is -0.483. The lowest BCUT2D eigenvalue weighted by Gasteiger charge is -2.29. The fraction of sp³-hybridized carbons (Fsp3) is 0.227. The highest BCUT2D eigenvalue weighted by atomic mass is 16.7. The van der Waals surface area contributed by atoms with Gasteiger partial charge in [-0.05, 0) is 50.3 Å². The fourth-order valence-corrected chi connectivity index (χ4v) is 3.45. The summed E-state index contributed by atoms with van der Waals surface area (Å²) in [6, 6.07) is 8.58. The molecule has 0 bridgehead atoms. The van der Waals surface area contributed by atoms with Crippen molar-refractivity contribution in [2.24, 2.45) is 0 Å². The lowest BCUT2D eigenvalue weighted by Crippen LogP contribution is -2.28. The molecular formula is C22H18O6. The molecule has 3 heterocycles. The van der Waals surface area contributed by atoms with Gasteiger partial charge >= 0.3 is 0 Å². The van der Waals surface area contributed by atoms with E-state index in [1.165, 1.54) is 6.07 Å². The van der Waals surface area contributed by atoms with Crippen molar-refractivity contribution in [1.82, 2.24) is 0 Å². The molecule has 0 saturated heterocycles. The van der Waals surface area contributed by atoms with Crippen LogP contribution in [-0.2, 0) is 0 Å². The molecule has 0 fully saturated rings. The van der Waals surface area contributed by atoms with E-state index in [0.717, 1.165) is 5.56 Å². The maximum absolute atomic E-state index is 12.9. The van der Waals surface area contributed by atoms with Crippen molar-refractivity contribution in [2.75, 3.05) is 13.9 Å². The number of hydrogen-bond acceptors (Lipinski definition) is 6. The van der Waals surface area contributed by atoms with E-state index < -0.39 is 5.60 Å². The van der Waals surface area contributed by atoms with Gasteiger partial charge in [0.25, 0.3) is 0 Å². The SMILES string of the molecule is COc1cc2c(=O)cc(-c3ccc4c(c3)OCO4)oc2c2c1OC(C)(C)C=C2. The molecule has 2 aliphatic heterocycles. The van der Waals surface area contributed by atoms with Crippen LogP contribution in [0.1, 0.15) is 19.4 Å². The third-order valence-corrected chi connectivity index (χ3v) is 4.87. The van der Waals surface area contributed by atoms with Gasteiger partial charge < -0.3 is 23.4 Å². The van der Waals surface area contributed by atoms with Crippen LogP contribution < -0.4 is 24.4 Å². The topological polar surface area (TPSA) is 67.1 Å². The molecular weight excluding hydrogens is 360 g/mol. The van der Waals surface area contributed by atoms with E-state index in [-0.39, 0.29) is 12.2 Å². The highest BCUT2D eigenvalue weighted by Gasteiger charge is 2.28. The molecule has 0 saturated carbocycles. The van der Waals surface area contributed by atoms with Crippen molar-refractivity contribution in [1.29, 1.82) is 0 Å². The van der Waals surface area contributed by atoms with Gasteiger partial charge in [-0.15, -0.1) is 0 Å². The number of benzene rings is 2. The van der Waals surface area contributed by atoms with Gasteiger partial charge in [0.05, 0.1) is 18.1 Å². The molecule has 3 aromatic rings. The van der Waals surface area contributed by atoms with Gasteiger partial charge in [-0.3, -0.25) is 4.79 Å². The van der Waals surface area contributed by atoms with Gasteiger partial charge in [-0.1, -0.05) is 0 Å². The minimum absolute atomic E-state index is 0.159. The van der Waals surface area contributed by atoms with Crippen molar-refractivity contribution in [3.05, 3.63) is 52.2 Å². The Balaban J connectivity index is 1.76. The molecule has 0 N–H and O–H groups in total. The van der Waals surface area contributed by atoms with E-state index in [9.17, 15) is 4.79 Å². The minimum Gasteiger partial charge on any atom is -0.493 e. The summed E-state index contributed by atoms with van der Waals surface area (Å²) < 4.78 is 28.5. The maximum Gasteiger partial charge on any atom is 0.231 e. The second kappa shape index (κ2) is 5.79. The fourth-order valence-electron chi connectivity index (χ4n) is 3.45. The smallest absolute Gasteiger partial charge is 0.231 e. The zero-order valence-electron chi connectivity index (χ0n) is 15.7. The number of hydrogen-bond donors (Lipinski definition) is 0. The molecule has 0 radical (unpaired) electrons. The first kappa shape index (κ1) is 16.7. The Kier molecular flexibility index (Phi) is 3.46. The van der Waals surface area contributed by atoms with Crippen molar-refractivity contribution >= 4 is 17.0 Å². The summed E-state index contributed by atoms with van der Waals surface area (Å²) >= 11 is 0. The zero-order valence-corrected chi connectivity index (χ0v) is 15.7. The summed E-state index contributed by atoms with van der Waals surface area (Å²) in [7, 11) is 1.55. The molecule has 2 aromatic carbocycles. The van der Waals surface area contributed by atoms with Gasteiger partial charge in [0.15, 0.2) is 28.4 Å². The molecule has 6 nitrogen and oxygen atoms in total. The molecule has 28 heavy (non-hydrogen) atoms. The van der Waals surface area contributed by atoms with Crippen molar-refractivity contribution in [3.63, 3.8) is 0 Å². The Morgan fingerprint density at radius 3 is 2.71 bits per heavy atom. The van der Waals surface area contributed by atoms with Crippen LogP contribution in [0.3, 0.4) is 0 Å². The predicted octanol–water partition coefficient (Wildman–Crippen LogP) is 4.38. The molecule has 0 aliphatic carbocycles. The highest BCUT2D eigenvalue weighted by molar-refractivity contribution is 5.92. The summed E-state index contributed by atoms with van der Waals surface area (Å²) in [5, 5.41) is 0.438. The summed E-state index contributed by atoms with van der Waals surface area (Å²) in [5.74, 6) is 2.81. The van der Waals surface area contributed by atoms with Gasteiger partial charge in [0.1, 0.15) is 16.9 Å². The van der Waals surface area contributed by atoms with E-state index >= 15 is 0 Å². The molecule has 0 amide bonds. The number of methoxy groups -OCH3 is 1. The second-order valence-electron chi connectivity index (χ2n) is 7.28. The van der Waals surface area contributed by atoms with Crippen LogP contribution in [0, 0.1) is 0 Å². The standard InChI is InChI=1S/C22H18O6/c1-22(2)7-6-13-20-14(9-19(24-3)21(13)28-22)15(23)10-17(27-20)12-4-5-16-18(8-12)26-11-25-16/h4-10H,11H2,1-3H3. The maximum atomic E-state index is 12.9. The Hall–Kier alpha value is -3.41. The zero-order chi connectivity index (χ0) is 19.5. The molecule has 0 atom stereocenters. The Bertz CT molecular complexity index is 1200. The van der Waals surface area contributed by atoms with E-state index in [0.29, 0.717) is 45.3 Å². The van der Waals surface area contributed by atoms with Gasteiger partial charge in [-0.2, -0.15) is 0 Å². The molecule has 5 rings (SSSR count). The average molecular weight is 378 g/mol. The van der Waals surface area contributed by atoms with Crippen molar-refractivity contribution in [3.8, 4) is 34.3 Å². The van der Waals surface area contributed by atoms with Crippen LogP contribution in [0.25, 0.3) is 28.4 Å². The van der Waals surface area contributed by atoms with E-state index in [2.05, 4.69) is 0 Å². The van der Waals surface area contributed by atoms with Gasteiger partial charge in [-0.25, -0.2) is 0 Å². The summed E-state index contributed by atoms with van der Waals surface area (Å²) in [5.41, 5.74) is 1.24. The van der Waals surface area contributed by atoms with Crippen LogP contribution in [-0.4, -0.2) is 19.5 Å². The molecule has 2 aliphatic rings. The third kappa shape index (κ3) is 2.52. The van der Waals surface area contributed by atoms with Crippen LogP contribution >= 0.6 is 0 Å². The first-order chi connectivity index (χ1) is 13.4.